The van der Waals surface area contributed by atoms with E-state index in [1.165, 1.54) is 0 Å². The zero-order valence-corrected chi connectivity index (χ0v) is 7.85. The molecular weight excluding hydrogens is 170 g/mol. The van der Waals surface area contributed by atoms with Gasteiger partial charge in [0, 0.05) is 4.90 Å². The number of methoxy groups -OCH3 is 1. The molecule has 12 heavy (non-hydrogen) atoms. The average Bonchev–Trinajstić information content (AvgIpc) is 2.05. The Labute approximate surface area is 77.2 Å². The monoisotopic (exact) mass is 179 g/mol. The number of aryl methyl sites for hydroxylation is 1. The number of thiol groups is 1. The second-order valence-corrected chi connectivity index (χ2v) is 2.93. The molecule has 1 aromatic rings. The summed E-state index contributed by atoms with van der Waals surface area (Å²) in [5.74, 6) is 0.726. The van der Waals surface area contributed by atoms with Crippen LogP contribution >= 0.6 is 12.6 Å². The third-order valence-electron chi connectivity index (χ3n) is 1.63. The van der Waals surface area contributed by atoms with Gasteiger partial charge in [0.15, 0.2) is 0 Å². The number of benzene rings is 1. The zero-order chi connectivity index (χ0) is 9.14. The number of rotatable bonds is 1. The van der Waals surface area contributed by atoms with Crippen LogP contribution in [0, 0.1) is 18.3 Å². The van der Waals surface area contributed by atoms with E-state index in [9.17, 15) is 0 Å². The van der Waals surface area contributed by atoms with Gasteiger partial charge in [-0.15, -0.1) is 12.6 Å². The van der Waals surface area contributed by atoms with E-state index in [0.29, 0.717) is 10.5 Å². The number of nitriles is 1. The van der Waals surface area contributed by atoms with E-state index in [1.807, 2.05) is 19.1 Å². The molecule has 3 heteroatoms. The van der Waals surface area contributed by atoms with Gasteiger partial charge in [-0.3, -0.25) is 0 Å². The minimum Gasteiger partial charge on any atom is -0.496 e. The summed E-state index contributed by atoms with van der Waals surface area (Å²) in [4.78, 5) is 0.691. The maximum atomic E-state index is 8.67. The summed E-state index contributed by atoms with van der Waals surface area (Å²) >= 11 is 4.16. The van der Waals surface area contributed by atoms with Crippen LogP contribution in [-0.4, -0.2) is 7.11 Å². The molecule has 0 spiro atoms. The van der Waals surface area contributed by atoms with Crippen molar-refractivity contribution < 1.29 is 4.74 Å². The molecule has 1 aromatic carbocycles. The summed E-state index contributed by atoms with van der Waals surface area (Å²) < 4.78 is 5.06. The van der Waals surface area contributed by atoms with Gasteiger partial charge < -0.3 is 4.74 Å². The fourth-order valence-electron chi connectivity index (χ4n) is 0.982. The van der Waals surface area contributed by atoms with Gasteiger partial charge in [-0.25, -0.2) is 0 Å². The van der Waals surface area contributed by atoms with E-state index in [4.69, 9.17) is 10.00 Å². The number of nitrogens with zero attached hydrogens (tertiary/aromatic N) is 1. The number of hydrogen-bond donors (Lipinski definition) is 1. The highest BCUT2D eigenvalue weighted by Gasteiger charge is 2.03. The van der Waals surface area contributed by atoms with E-state index in [2.05, 4.69) is 12.6 Å². The molecule has 0 atom stereocenters. The fraction of sp³-hybridized carbons (Fsp3) is 0.222. The molecule has 0 unspecified atom stereocenters. The van der Waals surface area contributed by atoms with Gasteiger partial charge in [-0.1, -0.05) is 0 Å². The molecule has 0 aliphatic carbocycles. The lowest BCUT2D eigenvalue weighted by atomic mass is 10.1. The van der Waals surface area contributed by atoms with E-state index in [0.717, 1.165) is 11.3 Å². The molecule has 0 aliphatic heterocycles. The SMILES string of the molecule is COc1cc(C#N)c(S)cc1C. The topological polar surface area (TPSA) is 33.0 Å². The second kappa shape index (κ2) is 3.51. The Hall–Kier alpha value is -1.14. The molecule has 1 rings (SSSR count). The van der Waals surface area contributed by atoms with Crippen LogP contribution in [-0.2, 0) is 0 Å². The van der Waals surface area contributed by atoms with Crippen molar-refractivity contribution in [3.8, 4) is 11.8 Å². The molecule has 0 N–H and O–H groups in total. The van der Waals surface area contributed by atoms with Crippen LogP contribution in [0.4, 0.5) is 0 Å². The van der Waals surface area contributed by atoms with Crippen molar-refractivity contribution in [2.45, 2.75) is 11.8 Å². The van der Waals surface area contributed by atoms with Gasteiger partial charge in [-0.2, -0.15) is 5.26 Å². The Morgan fingerprint density at radius 1 is 1.50 bits per heavy atom. The van der Waals surface area contributed by atoms with E-state index in [-0.39, 0.29) is 0 Å². The molecule has 0 aliphatic rings. The van der Waals surface area contributed by atoms with Gasteiger partial charge in [0.25, 0.3) is 0 Å². The Morgan fingerprint density at radius 3 is 2.67 bits per heavy atom. The summed E-state index contributed by atoms with van der Waals surface area (Å²) in [5, 5.41) is 8.67. The Morgan fingerprint density at radius 2 is 2.17 bits per heavy atom. The second-order valence-electron chi connectivity index (χ2n) is 2.45. The van der Waals surface area contributed by atoms with Crippen molar-refractivity contribution in [2.24, 2.45) is 0 Å². The maximum Gasteiger partial charge on any atom is 0.123 e. The molecule has 2 nitrogen and oxygen atoms in total. The zero-order valence-electron chi connectivity index (χ0n) is 6.96. The summed E-state index contributed by atoms with van der Waals surface area (Å²) in [5.41, 5.74) is 1.53. The lowest BCUT2D eigenvalue weighted by Gasteiger charge is -2.05. The summed E-state index contributed by atoms with van der Waals surface area (Å²) in [6.45, 7) is 1.92. The first-order valence-electron chi connectivity index (χ1n) is 3.46. The molecule has 0 radical (unpaired) electrons. The quantitative estimate of drug-likeness (QED) is 0.670. The Kier molecular flexibility index (Phi) is 2.61. The molecule has 0 saturated carbocycles. The first-order valence-corrected chi connectivity index (χ1v) is 3.91. The predicted molar refractivity (Wildman–Crippen MR) is 49.7 cm³/mol. The minimum absolute atomic E-state index is 0.542. The highest BCUT2D eigenvalue weighted by Crippen LogP contribution is 2.24. The number of ether oxygens (including phenoxy) is 1. The van der Waals surface area contributed by atoms with Crippen LogP contribution in [0.15, 0.2) is 17.0 Å². The standard InChI is InChI=1S/C9H9NOS/c1-6-3-9(12)7(5-10)4-8(6)11-2/h3-4,12H,1-2H3. The van der Waals surface area contributed by atoms with Crippen molar-refractivity contribution in [1.82, 2.24) is 0 Å². The highest BCUT2D eigenvalue weighted by molar-refractivity contribution is 7.80. The summed E-state index contributed by atoms with van der Waals surface area (Å²) in [7, 11) is 1.58. The van der Waals surface area contributed by atoms with E-state index in [1.54, 1.807) is 13.2 Å². The minimum atomic E-state index is 0.542. The molecule has 0 bridgehead atoms. The first kappa shape index (κ1) is 8.95. The predicted octanol–water partition coefficient (Wildman–Crippen LogP) is 2.16. The van der Waals surface area contributed by atoms with Crippen molar-refractivity contribution in [2.75, 3.05) is 7.11 Å². The molecule has 0 amide bonds. The van der Waals surface area contributed by atoms with Crippen LogP contribution in [0.25, 0.3) is 0 Å². The lowest BCUT2D eigenvalue weighted by Crippen LogP contribution is -1.89. The van der Waals surface area contributed by atoms with Crippen LogP contribution in [0.1, 0.15) is 11.1 Å². The highest BCUT2D eigenvalue weighted by atomic mass is 32.1. The van der Waals surface area contributed by atoms with Crippen molar-refractivity contribution in [3.63, 3.8) is 0 Å². The third-order valence-corrected chi connectivity index (χ3v) is 2.00. The molecule has 62 valence electrons. The van der Waals surface area contributed by atoms with Crippen molar-refractivity contribution >= 4 is 12.6 Å². The van der Waals surface area contributed by atoms with E-state index < -0.39 is 0 Å². The summed E-state index contributed by atoms with van der Waals surface area (Å²) in [6.07, 6.45) is 0. The van der Waals surface area contributed by atoms with Crippen molar-refractivity contribution in [3.05, 3.63) is 23.3 Å². The largest absolute Gasteiger partial charge is 0.496 e. The third kappa shape index (κ3) is 1.54. The van der Waals surface area contributed by atoms with Gasteiger partial charge >= 0.3 is 0 Å². The molecule has 0 aromatic heterocycles. The Balaban J connectivity index is 3.30. The number of hydrogen-bond acceptors (Lipinski definition) is 3. The molecule has 0 saturated heterocycles. The lowest BCUT2D eigenvalue weighted by molar-refractivity contribution is 0.411. The van der Waals surface area contributed by atoms with Gasteiger partial charge in [-0.05, 0) is 24.6 Å². The molecule has 0 fully saturated rings. The van der Waals surface area contributed by atoms with Gasteiger partial charge in [0.1, 0.15) is 11.8 Å². The molecule has 0 heterocycles. The van der Waals surface area contributed by atoms with Gasteiger partial charge in [0.05, 0.1) is 12.7 Å². The summed E-state index contributed by atoms with van der Waals surface area (Å²) in [6, 6.07) is 5.55. The van der Waals surface area contributed by atoms with Gasteiger partial charge in [0.2, 0.25) is 0 Å². The normalized spacial score (nSPS) is 9.17. The van der Waals surface area contributed by atoms with E-state index >= 15 is 0 Å². The first-order chi connectivity index (χ1) is 5.69. The smallest absolute Gasteiger partial charge is 0.123 e. The van der Waals surface area contributed by atoms with Crippen LogP contribution in [0.3, 0.4) is 0 Å². The average molecular weight is 179 g/mol. The van der Waals surface area contributed by atoms with Crippen molar-refractivity contribution in [1.29, 1.82) is 5.26 Å². The van der Waals surface area contributed by atoms with Crippen LogP contribution in [0.5, 0.6) is 5.75 Å². The molecular formula is C9H9NOS. The van der Waals surface area contributed by atoms with Crippen LogP contribution in [0.2, 0.25) is 0 Å². The van der Waals surface area contributed by atoms with Crippen LogP contribution < -0.4 is 4.74 Å². The Bertz CT molecular complexity index is 341. The fourth-order valence-corrected chi connectivity index (χ4v) is 1.29. The maximum absolute atomic E-state index is 8.67.